The zero-order chi connectivity index (χ0) is 12.2. The third kappa shape index (κ3) is 9.92. The summed E-state index contributed by atoms with van der Waals surface area (Å²) in [7, 11) is -5.84. The SMILES string of the molecule is FC(F)(F)CS.O=S(=O)(O)C(F)(F)F. The Labute approximate surface area is 80.3 Å². The van der Waals surface area contributed by atoms with E-state index in [0.717, 1.165) is 0 Å². The summed E-state index contributed by atoms with van der Waals surface area (Å²) in [6, 6.07) is 0. The van der Waals surface area contributed by atoms with Crippen LogP contribution in [0.3, 0.4) is 0 Å². The van der Waals surface area contributed by atoms with Crippen molar-refractivity contribution in [2.75, 3.05) is 5.75 Å². The van der Waals surface area contributed by atoms with Crippen LogP contribution in [-0.4, -0.2) is 30.4 Å². The maximum absolute atomic E-state index is 10.7. The molecule has 0 radical (unpaired) electrons. The van der Waals surface area contributed by atoms with Crippen LogP contribution in [0.1, 0.15) is 0 Å². The minimum absolute atomic E-state index is 1.03. The molecule has 0 amide bonds. The summed E-state index contributed by atoms with van der Waals surface area (Å²) in [5.74, 6) is -1.03. The van der Waals surface area contributed by atoms with Gasteiger partial charge in [-0.15, -0.1) is 0 Å². The lowest BCUT2D eigenvalue weighted by molar-refractivity contribution is -0.104. The van der Waals surface area contributed by atoms with E-state index >= 15 is 0 Å². The minimum atomic E-state index is -5.84. The number of hydrogen-bond donors (Lipinski definition) is 2. The highest BCUT2D eigenvalue weighted by molar-refractivity contribution is 7.86. The largest absolute Gasteiger partial charge is 0.522 e. The molecule has 0 unspecified atom stereocenters. The molecule has 0 aliphatic rings. The Morgan fingerprint density at radius 3 is 1.21 bits per heavy atom. The van der Waals surface area contributed by atoms with Gasteiger partial charge in [0.25, 0.3) is 0 Å². The minimum Gasteiger partial charge on any atom is -0.279 e. The maximum Gasteiger partial charge on any atom is 0.522 e. The van der Waals surface area contributed by atoms with Gasteiger partial charge in [-0.3, -0.25) is 4.55 Å². The van der Waals surface area contributed by atoms with Crippen LogP contribution >= 0.6 is 12.6 Å². The first-order valence-corrected chi connectivity index (χ1v) is 4.60. The number of hydrogen-bond acceptors (Lipinski definition) is 3. The van der Waals surface area contributed by atoms with Gasteiger partial charge in [0.15, 0.2) is 0 Å². The van der Waals surface area contributed by atoms with E-state index in [0.29, 0.717) is 0 Å². The summed E-state index contributed by atoms with van der Waals surface area (Å²) in [5, 5.41) is 0. The molecule has 0 heterocycles. The van der Waals surface area contributed by atoms with E-state index in [1.165, 1.54) is 0 Å². The number of rotatable bonds is 0. The first-order chi connectivity index (χ1) is 5.81. The van der Waals surface area contributed by atoms with Gasteiger partial charge >= 0.3 is 21.8 Å². The monoisotopic (exact) mass is 266 g/mol. The van der Waals surface area contributed by atoms with Crippen LogP contribution in [0.25, 0.3) is 0 Å². The summed E-state index contributed by atoms with van der Waals surface area (Å²) < 4.78 is 89.7. The van der Waals surface area contributed by atoms with Crippen LogP contribution in [0.5, 0.6) is 0 Å². The topological polar surface area (TPSA) is 54.4 Å². The Kier molecular flexibility index (Phi) is 5.90. The van der Waals surface area contributed by atoms with E-state index in [2.05, 4.69) is 12.6 Å². The number of thiol groups is 1. The average molecular weight is 266 g/mol. The Hall–Kier alpha value is -0.160. The van der Waals surface area contributed by atoms with Gasteiger partial charge in [0.05, 0.1) is 5.75 Å². The zero-order valence-corrected chi connectivity index (χ0v) is 7.80. The highest BCUT2D eigenvalue weighted by atomic mass is 32.2. The van der Waals surface area contributed by atoms with E-state index in [9.17, 15) is 26.3 Å². The lowest BCUT2D eigenvalue weighted by atomic mass is 10.8. The predicted molar refractivity (Wildman–Crippen MR) is 37.5 cm³/mol. The van der Waals surface area contributed by atoms with Gasteiger partial charge in [0.1, 0.15) is 0 Å². The zero-order valence-electron chi connectivity index (χ0n) is 6.09. The average Bonchev–Trinajstić information content (AvgIpc) is 1.82. The Morgan fingerprint density at radius 1 is 1.07 bits per heavy atom. The summed E-state index contributed by atoms with van der Waals surface area (Å²) in [6.45, 7) is 0. The van der Waals surface area contributed by atoms with Crippen LogP contribution in [0, 0.1) is 0 Å². The Morgan fingerprint density at radius 2 is 1.21 bits per heavy atom. The smallest absolute Gasteiger partial charge is 0.279 e. The molecule has 0 rings (SSSR count). The lowest BCUT2D eigenvalue weighted by Crippen LogP contribution is -2.21. The normalized spacial score (nSPS) is 13.1. The number of halogens is 6. The molecule has 0 aromatic rings. The molecule has 0 spiro atoms. The van der Waals surface area contributed by atoms with Gasteiger partial charge < -0.3 is 0 Å². The molecule has 1 N–H and O–H groups in total. The quantitative estimate of drug-likeness (QED) is 0.304. The van der Waals surface area contributed by atoms with Gasteiger partial charge in [-0.2, -0.15) is 47.4 Å². The molecule has 0 aromatic carbocycles. The maximum atomic E-state index is 10.7. The fraction of sp³-hybridized carbons (Fsp3) is 1.00. The molecule has 0 saturated carbocycles. The third-order valence-corrected chi connectivity index (χ3v) is 1.42. The summed E-state index contributed by atoms with van der Waals surface area (Å²) in [6.07, 6.45) is -4.09. The van der Waals surface area contributed by atoms with Crippen LogP contribution < -0.4 is 0 Å². The van der Waals surface area contributed by atoms with Crippen molar-refractivity contribution < 1.29 is 39.3 Å². The van der Waals surface area contributed by atoms with Crippen molar-refractivity contribution in [1.29, 1.82) is 0 Å². The van der Waals surface area contributed by atoms with Crippen molar-refractivity contribution in [3.05, 3.63) is 0 Å². The lowest BCUT2D eigenvalue weighted by Gasteiger charge is -1.97. The molecule has 14 heavy (non-hydrogen) atoms. The molecule has 0 atom stereocenters. The van der Waals surface area contributed by atoms with E-state index in [1.807, 2.05) is 0 Å². The first-order valence-electron chi connectivity index (χ1n) is 2.52. The van der Waals surface area contributed by atoms with Gasteiger partial charge in [-0.1, -0.05) is 0 Å². The van der Waals surface area contributed by atoms with Crippen molar-refractivity contribution in [2.24, 2.45) is 0 Å². The second-order valence-corrected chi connectivity index (χ2v) is 3.42. The van der Waals surface area contributed by atoms with Gasteiger partial charge in [0, 0.05) is 0 Å². The summed E-state index contributed by atoms with van der Waals surface area (Å²) >= 11 is 2.98. The molecule has 88 valence electrons. The van der Waals surface area contributed by atoms with Gasteiger partial charge in [-0.05, 0) is 0 Å². The van der Waals surface area contributed by atoms with Crippen LogP contribution in [-0.2, 0) is 10.1 Å². The highest BCUT2D eigenvalue weighted by Gasteiger charge is 2.44. The first kappa shape index (κ1) is 16.3. The molecule has 0 aliphatic carbocycles. The van der Waals surface area contributed by atoms with Crippen molar-refractivity contribution in [2.45, 2.75) is 11.7 Å². The Balaban J connectivity index is 0. The van der Waals surface area contributed by atoms with Gasteiger partial charge in [-0.25, -0.2) is 0 Å². The molecular weight excluding hydrogens is 262 g/mol. The molecule has 0 saturated heterocycles. The van der Waals surface area contributed by atoms with Crippen LogP contribution in [0.2, 0.25) is 0 Å². The Bertz CT molecular complexity index is 250. The molecule has 0 aromatic heterocycles. The second-order valence-electron chi connectivity index (χ2n) is 1.69. The highest BCUT2D eigenvalue weighted by Crippen LogP contribution is 2.20. The van der Waals surface area contributed by atoms with E-state index in [4.69, 9.17) is 13.0 Å². The number of alkyl halides is 6. The van der Waals surface area contributed by atoms with Crippen LogP contribution in [0.15, 0.2) is 0 Å². The van der Waals surface area contributed by atoms with Crippen molar-refractivity contribution in [3.8, 4) is 0 Å². The molecule has 3 nitrogen and oxygen atoms in total. The summed E-state index contributed by atoms with van der Waals surface area (Å²) in [5.41, 5.74) is -5.53. The molecule has 11 heteroatoms. The van der Waals surface area contributed by atoms with Gasteiger partial charge in [0.2, 0.25) is 0 Å². The van der Waals surface area contributed by atoms with Crippen molar-refractivity contribution >= 4 is 22.7 Å². The standard InChI is InChI=1S/C2H3F3S.CHF3O3S/c3-2(4,5)1-6;2-1(3,4)8(5,6)7/h6H,1H2;(H,5,6,7). The summed E-state index contributed by atoms with van der Waals surface area (Å²) in [4.78, 5) is 0. The molecule has 0 fully saturated rings. The van der Waals surface area contributed by atoms with Crippen LogP contribution in [0.4, 0.5) is 26.3 Å². The van der Waals surface area contributed by atoms with Crippen molar-refractivity contribution in [1.82, 2.24) is 0 Å². The van der Waals surface area contributed by atoms with E-state index < -0.39 is 27.6 Å². The second kappa shape index (κ2) is 5.07. The molecule has 0 aliphatic heterocycles. The fourth-order valence-electron chi connectivity index (χ4n) is 0. The fourth-order valence-corrected chi connectivity index (χ4v) is 0. The third-order valence-electron chi connectivity index (χ3n) is 0.472. The molecular formula is C3H4F6O3S2. The van der Waals surface area contributed by atoms with E-state index in [-0.39, 0.29) is 0 Å². The molecule has 0 bridgehead atoms. The predicted octanol–water partition coefficient (Wildman–Crippen LogP) is 1.87. The van der Waals surface area contributed by atoms with Crippen molar-refractivity contribution in [3.63, 3.8) is 0 Å². The van der Waals surface area contributed by atoms with E-state index in [1.54, 1.807) is 0 Å².